The minimum atomic E-state index is -1.30. The predicted octanol–water partition coefficient (Wildman–Crippen LogP) is 4.66. The van der Waals surface area contributed by atoms with Crippen molar-refractivity contribution in [1.82, 2.24) is 9.97 Å². The molecule has 4 aromatic rings. The molecule has 5 nitrogen and oxygen atoms in total. The summed E-state index contributed by atoms with van der Waals surface area (Å²) >= 11 is 9.25. The van der Waals surface area contributed by atoms with E-state index in [1.54, 1.807) is 23.6 Å². The summed E-state index contributed by atoms with van der Waals surface area (Å²) in [5.74, 6) is 0. The molecule has 0 saturated heterocycles. The predicted molar refractivity (Wildman–Crippen MR) is 109 cm³/mol. The van der Waals surface area contributed by atoms with Crippen LogP contribution in [0, 0.1) is 0 Å². The smallest absolute Gasteiger partial charge is 0.163 e. The zero-order chi connectivity index (χ0) is 18.3. The molecule has 0 amide bonds. The van der Waals surface area contributed by atoms with Crippen LogP contribution in [0.25, 0.3) is 21.6 Å². The molecule has 1 aromatic carbocycles. The summed E-state index contributed by atoms with van der Waals surface area (Å²) in [5.41, 5.74) is 2.41. The van der Waals surface area contributed by atoms with Crippen LogP contribution in [0.1, 0.15) is 4.88 Å². The van der Waals surface area contributed by atoms with Gasteiger partial charge in [0.15, 0.2) is 11.0 Å². The SMILES string of the molecule is CN(c1ccc(Cl)c2cc(-c3ncc(CO)s3)[nH]c12)S(=O)c1cccs1. The summed E-state index contributed by atoms with van der Waals surface area (Å²) in [6.45, 7) is -0.0353. The van der Waals surface area contributed by atoms with Crippen molar-refractivity contribution in [1.29, 1.82) is 0 Å². The molecule has 0 saturated carbocycles. The number of thiazole rings is 1. The van der Waals surface area contributed by atoms with Gasteiger partial charge < -0.3 is 10.1 Å². The van der Waals surface area contributed by atoms with Gasteiger partial charge >= 0.3 is 0 Å². The summed E-state index contributed by atoms with van der Waals surface area (Å²) in [6.07, 6.45) is 1.66. The molecule has 0 aliphatic carbocycles. The van der Waals surface area contributed by atoms with Crippen molar-refractivity contribution in [3.8, 4) is 10.7 Å². The number of H-pyrrole nitrogens is 1. The van der Waals surface area contributed by atoms with E-state index in [4.69, 9.17) is 11.6 Å². The maximum absolute atomic E-state index is 12.8. The van der Waals surface area contributed by atoms with Crippen molar-refractivity contribution >= 4 is 61.9 Å². The minimum absolute atomic E-state index is 0.0353. The van der Waals surface area contributed by atoms with Gasteiger partial charge in [0.2, 0.25) is 0 Å². The maximum Gasteiger partial charge on any atom is 0.163 e. The Labute approximate surface area is 165 Å². The van der Waals surface area contributed by atoms with Crippen LogP contribution >= 0.6 is 34.3 Å². The van der Waals surface area contributed by atoms with Gasteiger partial charge in [0.1, 0.15) is 9.22 Å². The number of rotatable bonds is 5. The van der Waals surface area contributed by atoms with E-state index < -0.39 is 11.0 Å². The highest BCUT2D eigenvalue weighted by molar-refractivity contribution is 7.88. The van der Waals surface area contributed by atoms with Crippen molar-refractivity contribution in [3.63, 3.8) is 0 Å². The number of fused-ring (bicyclic) bond motifs is 1. The third-order valence-electron chi connectivity index (χ3n) is 3.91. The van der Waals surface area contributed by atoms with Gasteiger partial charge in [0, 0.05) is 18.6 Å². The van der Waals surface area contributed by atoms with Crippen LogP contribution in [-0.4, -0.2) is 26.3 Å². The van der Waals surface area contributed by atoms with Crippen LogP contribution in [-0.2, 0) is 17.6 Å². The topological polar surface area (TPSA) is 69.2 Å². The molecule has 1 atom stereocenters. The van der Waals surface area contributed by atoms with Crippen LogP contribution in [0.4, 0.5) is 5.69 Å². The first-order chi connectivity index (χ1) is 12.6. The largest absolute Gasteiger partial charge is 0.391 e. The van der Waals surface area contributed by atoms with Crippen LogP contribution in [0.15, 0.2) is 46.1 Å². The summed E-state index contributed by atoms with van der Waals surface area (Å²) in [6, 6.07) is 9.34. The summed E-state index contributed by atoms with van der Waals surface area (Å²) in [4.78, 5) is 8.49. The van der Waals surface area contributed by atoms with E-state index in [1.165, 1.54) is 22.7 Å². The molecule has 9 heteroatoms. The van der Waals surface area contributed by atoms with Gasteiger partial charge in [-0.3, -0.25) is 4.31 Å². The van der Waals surface area contributed by atoms with Crippen molar-refractivity contribution in [2.75, 3.05) is 11.4 Å². The Morgan fingerprint density at radius 3 is 2.92 bits per heavy atom. The van der Waals surface area contributed by atoms with Crippen molar-refractivity contribution in [2.45, 2.75) is 10.8 Å². The van der Waals surface area contributed by atoms with Gasteiger partial charge in [-0.25, -0.2) is 9.19 Å². The Bertz CT molecular complexity index is 1090. The normalized spacial score (nSPS) is 12.6. The lowest BCUT2D eigenvalue weighted by Gasteiger charge is -2.18. The average Bonchev–Trinajstić information content (AvgIpc) is 3.40. The number of halogens is 1. The second-order valence-corrected chi connectivity index (χ2v) is 9.72. The van der Waals surface area contributed by atoms with E-state index in [9.17, 15) is 9.32 Å². The molecule has 0 spiro atoms. The first-order valence-electron chi connectivity index (χ1n) is 7.64. The minimum Gasteiger partial charge on any atom is -0.391 e. The molecule has 26 heavy (non-hydrogen) atoms. The van der Waals surface area contributed by atoms with Crippen LogP contribution < -0.4 is 4.31 Å². The second-order valence-electron chi connectivity index (χ2n) is 5.51. The Hall–Kier alpha value is -1.71. The fraction of sp³-hybridized carbons (Fsp3) is 0.118. The fourth-order valence-electron chi connectivity index (χ4n) is 2.64. The van der Waals surface area contributed by atoms with E-state index in [-0.39, 0.29) is 6.61 Å². The van der Waals surface area contributed by atoms with Crippen LogP contribution in [0.3, 0.4) is 0 Å². The van der Waals surface area contributed by atoms with E-state index in [0.717, 1.165) is 36.4 Å². The van der Waals surface area contributed by atoms with Crippen molar-refractivity contribution in [3.05, 3.63) is 51.8 Å². The first-order valence-corrected chi connectivity index (χ1v) is 10.8. The van der Waals surface area contributed by atoms with Gasteiger partial charge in [0.25, 0.3) is 0 Å². The van der Waals surface area contributed by atoms with Crippen LogP contribution in [0.5, 0.6) is 0 Å². The molecule has 3 aromatic heterocycles. The van der Waals surface area contributed by atoms with E-state index >= 15 is 0 Å². The van der Waals surface area contributed by atoms with Crippen molar-refractivity contribution in [2.24, 2.45) is 0 Å². The number of nitrogens with one attached hydrogen (secondary N) is 1. The number of benzene rings is 1. The highest BCUT2D eigenvalue weighted by Gasteiger charge is 2.19. The standard InChI is InChI=1S/C17H14ClN3O2S3/c1-21(26(23)15-3-2-6-24-15)14-5-4-12(18)11-7-13(20-16(11)14)17-19-8-10(9-22)25-17/h2-8,20,22H,9H2,1H3. The van der Waals surface area contributed by atoms with Crippen molar-refractivity contribution < 1.29 is 9.32 Å². The molecule has 4 rings (SSSR count). The van der Waals surface area contributed by atoms with Gasteiger partial charge in [-0.2, -0.15) is 0 Å². The number of aromatic nitrogens is 2. The van der Waals surface area contributed by atoms with Gasteiger partial charge in [-0.05, 0) is 29.6 Å². The van der Waals surface area contributed by atoms with E-state index in [0.29, 0.717) is 5.02 Å². The zero-order valence-corrected chi connectivity index (χ0v) is 16.8. The van der Waals surface area contributed by atoms with Gasteiger partial charge in [0.05, 0.1) is 33.4 Å². The average molecular weight is 424 g/mol. The number of thiophene rings is 1. The lowest BCUT2D eigenvalue weighted by atomic mass is 10.2. The zero-order valence-electron chi connectivity index (χ0n) is 13.6. The third kappa shape index (κ3) is 3.08. The number of aliphatic hydroxyl groups is 1. The van der Waals surface area contributed by atoms with E-state index in [2.05, 4.69) is 9.97 Å². The van der Waals surface area contributed by atoms with E-state index in [1.807, 2.05) is 29.6 Å². The molecule has 2 N–H and O–H groups in total. The fourth-order valence-corrected chi connectivity index (χ4v) is 5.67. The molecule has 0 fully saturated rings. The highest BCUT2D eigenvalue weighted by atomic mass is 35.5. The number of anilines is 1. The maximum atomic E-state index is 12.8. The summed E-state index contributed by atoms with van der Waals surface area (Å²) < 4.78 is 15.3. The quantitative estimate of drug-likeness (QED) is 0.490. The van der Waals surface area contributed by atoms with Crippen LogP contribution in [0.2, 0.25) is 5.02 Å². The number of nitrogens with zero attached hydrogens (tertiary/aromatic N) is 2. The number of aromatic amines is 1. The van der Waals surface area contributed by atoms with Gasteiger partial charge in [-0.1, -0.05) is 17.7 Å². The Balaban J connectivity index is 1.80. The molecule has 0 bridgehead atoms. The molecule has 0 radical (unpaired) electrons. The number of hydrogen-bond acceptors (Lipinski definition) is 5. The Morgan fingerprint density at radius 2 is 2.23 bits per heavy atom. The van der Waals surface area contributed by atoms with Gasteiger partial charge in [-0.15, -0.1) is 22.7 Å². The molecular formula is C17H14ClN3O2S3. The second kappa shape index (κ2) is 7.13. The summed E-state index contributed by atoms with van der Waals surface area (Å²) in [7, 11) is 0.497. The molecular weight excluding hydrogens is 410 g/mol. The molecule has 0 aliphatic rings. The highest BCUT2D eigenvalue weighted by Crippen LogP contribution is 2.37. The molecule has 0 aliphatic heterocycles. The number of aliphatic hydroxyl groups excluding tert-OH is 1. The number of hydrogen-bond donors (Lipinski definition) is 2. The molecule has 1 unspecified atom stereocenters. The molecule has 3 heterocycles. The first kappa shape index (κ1) is 17.7. The Morgan fingerprint density at radius 1 is 1.38 bits per heavy atom. The summed E-state index contributed by atoms with van der Waals surface area (Å²) in [5, 5.41) is 13.4. The third-order valence-corrected chi connectivity index (χ3v) is 7.81. The lowest BCUT2D eigenvalue weighted by molar-refractivity contribution is 0.285. The lowest BCUT2D eigenvalue weighted by Crippen LogP contribution is -2.19. The monoisotopic (exact) mass is 423 g/mol. The molecule has 134 valence electrons. The Kier molecular flexibility index (Phi) is 4.85.